The van der Waals surface area contributed by atoms with Crippen molar-refractivity contribution in [3.8, 4) is 22.7 Å². The number of imidazole rings is 1. The van der Waals surface area contributed by atoms with E-state index >= 15 is 0 Å². The standard InChI is InChI=1S/C25H22N4O2S/c1-17-8-6-11-20(14-17)24-28-27-23(31-24)18(2)32-25-26-15-22(19-9-4-3-5-10-19)29(25)16-21-12-7-13-30-21/h3-15,18H,16H2,1-2H3. The molecule has 0 saturated heterocycles. The zero-order chi connectivity index (χ0) is 21.9. The number of furan rings is 1. The summed E-state index contributed by atoms with van der Waals surface area (Å²) in [6.45, 7) is 4.68. The molecule has 5 aromatic rings. The fraction of sp³-hybridized carbons (Fsp3) is 0.160. The minimum atomic E-state index is -0.0672. The maximum absolute atomic E-state index is 6.00. The lowest BCUT2D eigenvalue weighted by Gasteiger charge is -2.12. The summed E-state index contributed by atoms with van der Waals surface area (Å²) in [5.74, 6) is 1.97. The van der Waals surface area contributed by atoms with Crippen molar-refractivity contribution >= 4 is 11.8 Å². The Morgan fingerprint density at radius 1 is 0.969 bits per heavy atom. The van der Waals surface area contributed by atoms with Crippen LogP contribution >= 0.6 is 11.8 Å². The lowest BCUT2D eigenvalue weighted by Crippen LogP contribution is -2.04. The van der Waals surface area contributed by atoms with E-state index in [1.165, 1.54) is 0 Å². The van der Waals surface area contributed by atoms with E-state index in [4.69, 9.17) is 13.8 Å². The second-order valence-electron chi connectivity index (χ2n) is 7.53. The highest BCUT2D eigenvalue weighted by Gasteiger charge is 2.21. The van der Waals surface area contributed by atoms with Gasteiger partial charge in [-0.3, -0.25) is 0 Å². The molecule has 160 valence electrons. The molecule has 5 rings (SSSR count). The summed E-state index contributed by atoms with van der Waals surface area (Å²) < 4.78 is 13.8. The summed E-state index contributed by atoms with van der Waals surface area (Å²) in [7, 11) is 0. The Bertz CT molecular complexity index is 1310. The van der Waals surface area contributed by atoms with E-state index < -0.39 is 0 Å². The van der Waals surface area contributed by atoms with Crippen molar-refractivity contribution in [1.29, 1.82) is 0 Å². The Morgan fingerprint density at radius 2 is 1.81 bits per heavy atom. The molecule has 0 amide bonds. The maximum Gasteiger partial charge on any atom is 0.247 e. The lowest BCUT2D eigenvalue weighted by atomic mass is 10.1. The van der Waals surface area contributed by atoms with Crippen LogP contribution in [0.4, 0.5) is 0 Å². The molecular weight excluding hydrogens is 420 g/mol. The molecule has 0 radical (unpaired) electrons. The van der Waals surface area contributed by atoms with E-state index in [9.17, 15) is 0 Å². The smallest absolute Gasteiger partial charge is 0.247 e. The van der Waals surface area contributed by atoms with Crippen LogP contribution in [0.5, 0.6) is 0 Å². The molecule has 3 aromatic heterocycles. The molecule has 0 saturated carbocycles. The summed E-state index contributed by atoms with van der Waals surface area (Å²) in [6, 6.07) is 22.1. The summed E-state index contributed by atoms with van der Waals surface area (Å²) in [6.07, 6.45) is 3.59. The van der Waals surface area contributed by atoms with E-state index in [1.54, 1.807) is 18.0 Å². The molecule has 2 aromatic carbocycles. The first kappa shape index (κ1) is 20.3. The molecule has 0 N–H and O–H groups in total. The van der Waals surface area contributed by atoms with E-state index in [0.717, 1.165) is 33.3 Å². The highest BCUT2D eigenvalue weighted by Crippen LogP contribution is 2.37. The van der Waals surface area contributed by atoms with E-state index in [-0.39, 0.29) is 5.25 Å². The lowest BCUT2D eigenvalue weighted by molar-refractivity contribution is 0.484. The summed E-state index contributed by atoms with van der Waals surface area (Å²) >= 11 is 1.59. The van der Waals surface area contributed by atoms with Crippen LogP contribution < -0.4 is 0 Å². The van der Waals surface area contributed by atoms with Gasteiger partial charge in [0.25, 0.3) is 0 Å². The van der Waals surface area contributed by atoms with Gasteiger partial charge in [-0.05, 0) is 43.7 Å². The molecule has 0 aliphatic carbocycles. The first-order chi connectivity index (χ1) is 15.7. The largest absolute Gasteiger partial charge is 0.467 e. The molecule has 6 nitrogen and oxygen atoms in total. The van der Waals surface area contributed by atoms with Crippen LogP contribution in [0.2, 0.25) is 0 Å². The second kappa shape index (κ2) is 8.88. The van der Waals surface area contributed by atoms with Crippen molar-refractivity contribution in [2.75, 3.05) is 0 Å². The van der Waals surface area contributed by atoms with Gasteiger partial charge < -0.3 is 13.4 Å². The Balaban J connectivity index is 1.43. The molecule has 7 heteroatoms. The minimum absolute atomic E-state index is 0.0672. The molecule has 0 fully saturated rings. The third-order valence-electron chi connectivity index (χ3n) is 5.12. The van der Waals surface area contributed by atoms with E-state index in [1.807, 2.05) is 74.6 Å². The Morgan fingerprint density at radius 3 is 2.59 bits per heavy atom. The minimum Gasteiger partial charge on any atom is -0.467 e. The zero-order valence-corrected chi connectivity index (χ0v) is 18.6. The van der Waals surface area contributed by atoms with Crippen molar-refractivity contribution < 1.29 is 8.83 Å². The van der Waals surface area contributed by atoms with Crippen molar-refractivity contribution in [3.05, 3.63) is 96.4 Å². The van der Waals surface area contributed by atoms with Crippen molar-refractivity contribution in [2.45, 2.75) is 30.8 Å². The topological polar surface area (TPSA) is 69.9 Å². The van der Waals surface area contributed by atoms with Crippen LogP contribution in [-0.2, 0) is 6.54 Å². The van der Waals surface area contributed by atoms with Gasteiger partial charge >= 0.3 is 0 Å². The number of aryl methyl sites for hydroxylation is 1. The van der Waals surface area contributed by atoms with Gasteiger partial charge in [0.05, 0.1) is 29.9 Å². The van der Waals surface area contributed by atoms with Crippen LogP contribution in [0.15, 0.2) is 93.2 Å². The van der Waals surface area contributed by atoms with Gasteiger partial charge in [-0.15, -0.1) is 10.2 Å². The molecular formula is C25H22N4O2S. The number of rotatable bonds is 7. The maximum atomic E-state index is 6.00. The fourth-order valence-electron chi connectivity index (χ4n) is 3.51. The number of hydrogen-bond acceptors (Lipinski definition) is 6. The number of nitrogens with zero attached hydrogens (tertiary/aromatic N) is 4. The van der Waals surface area contributed by atoms with Gasteiger partial charge in [0, 0.05) is 5.56 Å². The molecule has 0 aliphatic rings. The van der Waals surface area contributed by atoms with Crippen LogP contribution in [-0.4, -0.2) is 19.7 Å². The number of thioether (sulfide) groups is 1. The summed E-state index contributed by atoms with van der Waals surface area (Å²) in [4.78, 5) is 4.71. The molecule has 1 atom stereocenters. The van der Waals surface area contributed by atoms with E-state index in [2.05, 4.69) is 26.9 Å². The molecule has 32 heavy (non-hydrogen) atoms. The third kappa shape index (κ3) is 4.24. The molecule has 3 heterocycles. The van der Waals surface area contributed by atoms with Crippen molar-refractivity contribution in [1.82, 2.24) is 19.7 Å². The summed E-state index contributed by atoms with van der Waals surface area (Å²) in [5.41, 5.74) is 4.21. The van der Waals surface area contributed by atoms with Crippen LogP contribution in [0, 0.1) is 6.92 Å². The highest BCUT2D eigenvalue weighted by atomic mass is 32.2. The average Bonchev–Trinajstić information content (AvgIpc) is 3.57. The summed E-state index contributed by atoms with van der Waals surface area (Å²) in [5, 5.41) is 9.35. The predicted molar refractivity (Wildman–Crippen MR) is 124 cm³/mol. The van der Waals surface area contributed by atoms with Gasteiger partial charge in [-0.25, -0.2) is 4.98 Å². The monoisotopic (exact) mass is 442 g/mol. The van der Waals surface area contributed by atoms with E-state index in [0.29, 0.717) is 18.3 Å². The Kier molecular flexibility index (Phi) is 5.64. The quantitative estimate of drug-likeness (QED) is 0.272. The Labute approximate surface area is 190 Å². The molecule has 0 bridgehead atoms. The van der Waals surface area contributed by atoms with Crippen molar-refractivity contribution in [2.24, 2.45) is 0 Å². The second-order valence-corrected chi connectivity index (χ2v) is 8.84. The van der Waals surface area contributed by atoms with Crippen LogP contribution in [0.3, 0.4) is 0 Å². The fourth-order valence-corrected chi connectivity index (χ4v) is 4.42. The predicted octanol–water partition coefficient (Wildman–Crippen LogP) is 6.40. The average molecular weight is 443 g/mol. The van der Waals surface area contributed by atoms with Gasteiger partial charge in [0.15, 0.2) is 5.16 Å². The number of hydrogen-bond donors (Lipinski definition) is 0. The first-order valence-electron chi connectivity index (χ1n) is 10.4. The third-order valence-corrected chi connectivity index (χ3v) is 6.21. The molecule has 0 aliphatic heterocycles. The normalized spacial score (nSPS) is 12.2. The zero-order valence-electron chi connectivity index (χ0n) is 17.8. The first-order valence-corrected chi connectivity index (χ1v) is 11.3. The Hall–Kier alpha value is -3.58. The van der Waals surface area contributed by atoms with Crippen LogP contribution in [0.25, 0.3) is 22.7 Å². The highest BCUT2D eigenvalue weighted by molar-refractivity contribution is 7.99. The van der Waals surface area contributed by atoms with Crippen LogP contribution in [0.1, 0.15) is 29.4 Å². The number of benzene rings is 2. The number of aromatic nitrogens is 4. The van der Waals surface area contributed by atoms with Crippen molar-refractivity contribution in [3.63, 3.8) is 0 Å². The molecule has 1 unspecified atom stereocenters. The van der Waals surface area contributed by atoms with Gasteiger partial charge in [-0.2, -0.15) is 0 Å². The van der Waals surface area contributed by atoms with Gasteiger partial charge in [0.2, 0.25) is 11.8 Å². The van der Waals surface area contributed by atoms with Gasteiger partial charge in [0.1, 0.15) is 5.76 Å². The van der Waals surface area contributed by atoms with Gasteiger partial charge in [-0.1, -0.05) is 59.8 Å². The molecule has 0 spiro atoms. The SMILES string of the molecule is Cc1cccc(-c2nnc(C(C)Sc3ncc(-c4ccccc4)n3Cc3ccco3)o2)c1.